The van der Waals surface area contributed by atoms with Gasteiger partial charge in [-0.2, -0.15) is 0 Å². The molecule has 66 valence electrons. The number of hydrogen-bond acceptors (Lipinski definition) is 3. The van der Waals surface area contributed by atoms with Crippen molar-refractivity contribution in [3.8, 4) is 0 Å². The van der Waals surface area contributed by atoms with Crippen LogP contribution in [0.3, 0.4) is 0 Å². The van der Waals surface area contributed by atoms with Gasteiger partial charge in [0.05, 0.1) is 11.9 Å². The summed E-state index contributed by atoms with van der Waals surface area (Å²) in [5.74, 6) is 1.40. The van der Waals surface area contributed by atoms with Crippen LogP contribution in [0.15, 0.2) is 6.20 Å². The third kappa shape index (κ3) is 2.15. The maximum Gasteiger partial charge on any atom is 0.151 e. The lowest BCUT2D eigenvalue weighted by molar-refractivity contribution is 0.851. The lowest BCUT2D eigenvalue weighted by Gasteiger charge is -2.00. The van der Waals surface area contributed by atoms with Gasteiger partial charge in [-0.1, -0.05) is 23.4 Å². The predicted molar refractivity (Wildman–Crippen MR) is 51.4 cm³/mol. The quantitative estimate of drug-likeness (QED) is 0.562. The van der Waals surface area contributed by atoms with E-state index in [4.69, 9.17) is 22.7 Å². The maximum absolute atomic E-state index is 6.99. The molecule has 0 radical (unpaired) electrons. The lowest BCUT2D eigenvalue weighted by atomic mass is 10.7. The largest absolute Gasteiger partial charge is 0.379 e. The summed E-state index contributed by atoms with van der Waals surface area (Å²) >= 11 is 6.98. The Bertz CT molecular complexity index is 296. The summed E-state index contributed by atoms with van der Waals surface area (Å²) in [7, 11) is 1.82. The van der Waals surface area contributed by atoms with Crippen LogP contribution in [0.1, 0.15) is 5.82 Å². The molecule has 0 saturated heterocycles. The summed E-state index contributed by atoms with van der Waals surface area (Å²) in [6.45, 7) is 0. The van der Waals surface area contributed by atoms with Gasteiger partial charge in [0.25, 0.3) is 0 Å². The molecular formula is C6H9ClN4S. The van der Waals surface area contributed by atoms with E-state index < -0.39 is 0 Å². The van der Waals surface area contributed by atoms with Crippen LogP contribution >= 0.6 is 23.4 Å². The van der Waals surface area contributed by atoms with Crippen LogP contribution in [0.5, 0.6) is 0 Å². The van der Waals surface area contributed by atoms with Gasteiger partial charge < -0.3 is 10.3 Å². The molecule has 12 heavy (non-hydrogen) atoms. The lowest BCUT2D eigenvalue weighted by Crippen LogP contribution is -2.05. The first-order chi connectivity index (χ1) is 5.61. The third-order valence-corrected chi connectivity index (χ3v) is 2.45. The Labute approximate surface area is 79.6 Å². The second kappa shape index (κ2) is 3.82. The molecule has 0 saturated carbocycles. The minimum atomic E-state index is 0.0918. The number of amidine groups is 1. The normalized spacial score (nSPS) is 10.2. The van der Waals surface area contributed by atoms with Gasteiger partial charge in [0, 0.05) is 7.05 Å². The Balaban J connectivity index is 2.63. The van der Waals surface area contributed by atoms with Gasteiger partial charge in [0.2, 0.25) is 0 Å². The number of halogens is 1. The molecule has 0 atom stereocenters. The Kier molecular flexibility index (Phi) is 2.99. The van der Waals surface area contributed by atoms with E-state index in [0.29, 0.717) is 10.9 Å². The van der Waals surface area contributed by atoms with Crippen LogP contribution in [-0.4, -0.2) is 14.7 Å². The standard InChI is InChI=1S/C6H9ClN4S/c1-11-4(7)2-10-5(11)3-12-6(8)9/h2H,3H2,1H3,(H3,8,9). The monoisotopic (exact) mass is 204 g/mol. The van der Waals surface area contributed by atoms with Crippen LogP contribution < -0.4 is 5.73 Å². The first-order valence-corrected chi connectivity index (χ1v) is 4.60. The van der Waals surface area contributed by atoms with Crippen molar-refractivity contribution in [2.24, 2.45) is 12.8 Å². The summed E-state index contributed by atoms with van der Waals surface area (Å²) < 4.78 is 1.76. The van der Waals surface area contributed by atoms with E-state index in [-0.39, 0.29) is 5.17 Å². The summed E-state index contributed by atoms with van der Waals surface area (Å²) in [5.41, 5.74) is 5.17. The van der Waals surface area contributed by atoms with E-state index in [9.17, 15) is 0 Å². The smallest absolute Gasteiger partial charge is 0.151 e. The minimum absolute atomic E-state index is 0.0918. The van der Waals surface area contributed by atoms with Gasteiger partial charge in [-0.15, -0.1) is 0 Å². The average molecular weight is 205 g/mol. The van der Waals surface area contributed by atoms with Crippen LogP contribution in [0.4, 0.5) is 0 Å². The number of hydrogen-bond donors (Lipinski definition) is 2. The van der Waals surface area contributed by atoms with Gasteiger partial charge >= 0.3 is 0 Å². The molecule has 1 rings (SSSR count). The van der Waals surface area contributed by atoms with Crippen LogP contribution in [-0.2, 0) is 12.8 Å². The third-order valence-electron chi connectivity index (χ3n) is 1.38. The number of nitrogens with one attached hydrogen (secondary N) is 1. The molecule has 1 aromatic rings. The minimum Gasteiger partial charge on any atom is -0.379 e. The zero-order chi connectivity index (χ0) is 9.14. The fraction of sp³-hybridized carbons (Fsp3) is 0.333. The molecule has 0 bridgehead atoms. The molecular weight excluding hydrogens is 196 g/mol. The Morgan fingerprint density at radius 3 is 3.00 bits per heavy atom. The molecule has 0 fully saturated rings. The van der Waals surface area contributed by atoms with Crippen molar-refractivity contribution in [1.82, 2.24) is 9.55 Å². The van der Waals surface area contributed by atoms with Crippen molar-refractivity contribution in [2.45, 2.75) is 5.75 Å². The molecule has 6 heteroatoms. The second-order valence-electron chi connectivity index (χ2n) is 2.21. The number of thioether (sulfide) groups is 1. The molecule has 0 aliphatic heterocycles. The molecule has 0 aromatic carbocycles. The highest BCUT2D eigenvalue weighted by atomic mass is 35.5. The van der Waals surface area contributed by atoms with Crippen molar-refractivity contribution in [2.75, 3.05) is 0 Å². The number of nitrogens with two attached hydrogens (primary N) is 1. The maximum atomic E-state index is 6.99. The van der Waals surface area contributed by atoms with E-state index in [0.717, 1.165) is 5.82 Å². The van der Waals surface area contributed by atoms with Crippen molar-refractivity contribution >= 4 is 28.5 Å². The first kappa shape index (κ1) is 9.41. The van der Waals surface area contributed by atoms with E-state index in [1.807, 2.05) is 7.05 Å². The second-order valence-corrected chi connectivity index (χ2v) is 3.61. The molecule has 1 aromatic heterocycles. The van der Waals surface area contributed by atoms with Gasteiger partial charge in [0.1, 0.15) is 11.0 Å². The van der Waals surface area contributed by atoms with Gasteiger partial charge in [-0.3, -0.25) is 5.41 Å². The van der Waals surface area contributed by atoms with Crippen LogP contribution in [0, 0.1) is 5.41 Å². The predicted octanol–water partition coefficient (Wildman–Crippen LogP) is 1.20. The van der Waals surface area contributed by atoms with Gasteiger partial charge in [-0.05, 0) is 0 Å². The zero-order valence-electron chi connectivity index (χ0n) is 6.54. The molecule has 0 aliphatic carbocycles. The Morgan fingerprint density at radius 2 is 2.58 bits per heavy atom. The molecule has 0 amide bonds. The van der Waals surface area contributed by atoms with Gasteiger partial charge in [-0.25, -0.2) is 4.98 Å². The van der Waals surface area contributed by atoms with E-state index >= 15 is 0 Å². The van der Waals surface area contributed by atoms with E-state index in [1.54, 1.807) is 10.8 Å². The van der Waals surface area contributed by atoms with Gasteiger partial charge in [0.15, 0.2) is 5.17 Å². The number of nitrogens with zero attached hydrogens (tertiary/aromatic N) is 2. The van der Waals surface area contributed by atoms with Crippen molar-refractivity contribution in [3.05, 3.63) is 17.2 Å². The topological polar surface area (TPSA) is 67.7 Å². The van der Waals surface area contributed by atoms with E-state index in [2.05, 4.69) is 4.98 Å². The molecule has 4 nitrogen and oxygen atoms in total. The first-order valence-electron chi connectivity index (χ1n) is 3.24. The van der Waals surface area contributed by atoms with Crippen molar-refractivity contribution < 1.29 is 0 Å². The Morgan fingerprint density at radius 1 is 1.92 bits per heavy atom. The highest BCUT2D eigenvalue weighted by Gasteiger charge is 2.04. The number of aromatic nitrogens is 2. The molecule has 3 N–H and O–H groups in total. The number of imidazole rings is 1. The molecule has 0 unspecified atom stereocenters. The number of rotatable bonds is 2. The summed E-state index contributed by atoms with van der Waals surface area (Å²) in [6.07, 6.45) is 1.58. The zero-order valence-corrected chi connectivity index (χ0v) is 8.11. The highest BCUT2D eigenvalue weighted by Crippen LogP contribution is 2.14. The van der Waals surface area contributed by atoms with Crippen LogP contribution in [0.2, 0.25) is 5.15 Å². The highest BCUT2D eigenvalue weighted by molar-refractivity contribution is 8.13. The van der Waals surface area contributed by atoms with Crippen LogP contribution in [0.25, 0.3) is 0 Å². The summed E-state index contributed by atoms with van der Waals surface area (Å²) in [5, 5.41) is 7.68. The van der Waals surface area contributed by atoms with Crippen molar-refractivity contribution in [3.63, 3.8) is 0 Å². The fourth-order valence-electron chi connectivity index (χ4n) is 0.701. The van der Waals surface area contributed by atoms with E-state index in [1.165, 1.54) is 11.8 Å². The Hall–Kier alpha value is -0.680. The molecule has 1 heterocycles. The SMILES string of the molecule is Cn1c(Cl)cnc1CSC(=N)N. The molecule has 0 spiro atoms. The average Bonchev–Trinajstić information content (AvgIpc) is 2.30. The summed E-state index contributed by atoms with van der Waals surface area (Å²) in [6, 6.07) is 0. The molecule has 0 aliphatic rings. The summed E-state index contributed by atoms with van der Waals surface area (Å²) in [4.78, 5) is 4.05. The fourth-order valence-corrected chi connectivity index (χ4v) is 1.40. The van der Waals surface area contributed by atoms with Crippen molar-refractivity contribution in [1.29, 1.82) is 5.41 Å².